The molecular weight excluding hydrogens is 322 g/mol. The van der Waals surface area contributed by atoms with Gasteiger partial charge in [0.15, 0.2) is 0 Å². The Labute approximate surface area is 152 Å². The van der Waals surface area contributed by atoms with E-state index in [1.807, 2.05) is 53.2 Å². The van der Waals surface area contributed by atoms with Gasteiger partial charge in [-0.1, -0.05) is 74.5 Å². The van der Waals surface area contributed by atoms with Gasteiger partial charge in [-0.3, -0.25) is 0 Å². The van der Waals surface area contributed by atoms with Gasteiger partial charge < -0.3 is 5.11 Å². The normalized spacial score (nSPS) is 12.4. The summed E-state index contributed by atoms with van der Waals surface area (Å²) in [5.74, 6) is 0.185. The van der Waals surface area contributed by atoms with Gasteiger partial charge in [-0.2, -0.15) is 0 Å². The Kier molecular flexibility index (Phi) is 3.76. The minimum Gasteiger partial charge on any atom is -0.505 e. The average Bonchev–Trinajstić information content (AvgIpc) is 2.94. The van der Waals surface area contributed by atoms with Gasteiger partial charge in [-0.15, -0.1) is 5.11 Å². The Balaban J connectivity index is 1.88. The number of fused-ring (bicyclic) bond motifs is 3. The molecule has 1 N–H and O–H groups in total. The Hall–Kier alpha value is -3.14. The second kappa shape index (κ2) is 5.99. The Morgan fingerprint density at radius 3 is 1.92 bits per heavy atom. The minimum atomic E-state index is -0.164. The third-order valence-electron chi connectivity index (χ3n) is 4.62. The maximum atomic E-state index is 10.6. The molecule has 0 radical (unpaired) electrons. The summed E-state index contributed by atoms with van der Waals surface area (Å²) >= 11 is 0. The molecule has 0 aliphatic rings. The molecular formula is C22H21N3O. The van der Waals surface area contributed by atoms with Crippen molar-refractivity contribution in [2.75, 3.05) is 0 Å². The van der Waals surface area contributed by atoms with Crippen molar-refractivity contribution in [3.05, 3.63) is 72.3 Å². The lowest BCUT2D eigenvalue weighted by molar-refractivity contribution is 0.447. The second-order valence-corrected chi connectivity index (χ2v) is 7.46. The van der Waals surface area contributed by atoms with E-state index in [1.54, 1.807) is 6.07 Å². The zero-order valence-corrected chi connectivity index (χ0v) is 15.1. The van der Waals surface area contributed by atoms with Crippen molar-refractivity contribution in [1.29, 1.82) is 0 Å². The Morgan fingerprint density at radius 2 is 1.35 bits per heavy atom. The molecule has 1 heterocycles. The number of nitrogens with zero attached hydrogens (tertiary/aromatic N) is 3. The summed E-state index contributed by atoms with van der Waals surface area (Å²) in [6.45, 7) is 6.20. The van der Waals surface area contributed by atoms with Crippen molar-refractivity contribution < 1.29 is 5.11 Å². The molecule has 0 saturated carbocycles. The van der Waals surface area contributed by atoms with E-state index >= 15 is 0 Å². The van der Waals surface area contributed by atoms with Crippen LogP contribution in [0.1, 0.15) is 26.3 Å². The van der Waals surface area contributed by atoms with Crippen molar-refractivity contribution in [1.82, 2.24) is 4.68 Å². The van der Waals surface area contributed by atoms with Gasteiger partial charge in [0, 0.05) is 16.3 Å². The van der Waals surface area contributed by atoms with Gasteiger partial charge in [-0.05, 0) is 23.6 Å². The largest absolute Gasteiger partial charge is 0.505 e. The predicted octanol–water partition coefficient (Wildman–Crippen LogP) is 6.34. The Morgan fingerprint density at radius 1 is 0.769 bits per heavy atom. The van der Waals surface area contributed by atoms with E-state index in [4.69, 9.17) is 0 Å². The monoisotopic (exact) mass is 343 g/mol. The number of rotatable bonds is 2. The fourth-order valence-electron chi connectivity index (χ4n) is 3.31. The molecule has 3 aromatic carbocycles. The average molecular weight is 343 g/mol. The van der Waals surface area contributed by atoms with Crippen LogP contribution in [0.25, 0.3) is 21.8 Å². The van der Waals surface area contributed by atoms with Crippen LogP contribution in [0, 0.1) is 0 Å². The molecule has 4 heteroatoms. The van der Waals surface area contributed by atoms with Crippen LogP contribution in [0.2, 0.25) is 0 Å². The van der Waals surface area contributed by atoms with E-state index in [2.05, 4.69) is 43.2 Å². The fraction of sp³-hybridized carbons (Fsp3) is 0.182. The molecule has 0 aliphatic carbocycles. The topological polar surface area (TPSA) is 49.9 Å². The first-order chi connectivity index (χ1) is 12.5. The first kappa shape index (κ1) is 16.3. The number of hydrogen-bond donors (Lipinski definition) is 1. The number of benzene rings is 3. The standard InChI is InChI=1S/C22H21N3O/c1-22(2,3)17-11-8-12-18(21(17)26)23-24-25-19-13-6-4-9-15(19)16-10-5-7-14-20(16)25/h4-14,26H,1-3H3. The molecule has 0 bridgehead atoms. The molecule has 26 heavy (non-hydrogen) atoms. The van der Waals surface area contributed by atoms with Crippen molar-refractivity contribution in [2.24, 2.45) is 10.3 Å². The van der Waals surface area contributed by atoms with Crippen molar-refractivity contribution in [3.8, 4) is 5.75 Å². The molecule has 0 atom stereocenters. The lowest BCUT2D eigenvalue weighted by atomic mass is 9.86. The van der Waals surface area contributed by atoms with Crippen LogP contribution in [-0.2, 0) is 5.41 Å². The van der Waals surface area contributed by atoms with Gasteiger partial charge in [0.1, 0.15) is 11.4 Å². The second-order valence-electron chi connectivity index (χ2n) is 7.46. The number of hydrogen-bond acceptors (Lipinski definition) is 3. The van der Waals surface area contributed by atoms with Crippen LogP contribution < -0.4 is 0 Å². The number of phenolic OH excluding ortho intramolecular Hbond substituents is 1. The van der Waals surface area contributed by atoms with E-state index in [9.17, 15) is 5.11 Å². The number of aromatic nitrogens is 1. The van der Waals surface area contributed by atoms with E-state index in [0.717, 1.165) is 27.4 Å². The van der Waals surface area contributed by atoms with Crippen LogP contribution in [0.4, 0.5) is 5.69 Å². The summed E-state index contributed by atoms with van der Waals surface area (Å²) in [6.07, 6.45) is 0. The number of para-hydroxylation sites is 3. The van der Waals surface area contributed by atoms with Crippen LogP contribution >= 0.6 is 0 Å². The smallest absolute Gasteiger partial charge is 0.146 e. The molecule has 0 saturated heterocycles. The Bertz CT molecular complexity index is 1080. The van der Waals surface area contributed by atoms with Gasteiger partial charge >= 0.3 is 0 Å². The molecule has 4 nitrogen and oxygen atoms in total. The molecule has 4 aromatic rings. The fourth-order valence-corrected chi connectivity index (χ4v) is 3.31. The molecule has 0 spiro atoms. The quantitative estimate of drug-likeness (QED) is 0.424. The molecule has 0 unspecified atom stereocenters. The van der Waals surface area contributed by atoms with E-state index in [-0.39, 0.29) is 11.2 Å². The molecule has 130 valence electrons. The molecule has 0 aliphatic heterocycles. The van der Waals surface area contributed by atoms with Gasteiger partial charge in [0.25, 0.3) is 0 Å². The third kappa shape index (κ3) is 2.64. The van der Waals surface area contributed by atoms with Gasteiger partial charge in [-0.25, -0.2) is 4.68 Å². The maximum Gasteiger partial charge on any atom is 0.146 e. The summed E-state index contributed by atoms with van der Waals surface area (Å²) in [5.41, 5.74) is 3.14. The summed E-state index contributed by atoms with van der Waals surface area (Å²) in [5, 5.41) is 21.7. The van der Waals surface area contributed by atoms with Crippen molar-refractivity contribution in [2.45, 2.75) is 26.2 Å². The van der Waals surface area contributed by atoms with Crippen LogP contribution in [0.3, 0.4) is 0 Å². The molecule has 4 rings (SSSR count). The SMILES string of the molecule is CC(C)(C)c1cccc(N=Nn2c3ccccc3c3ccccc32)c1O. The predicted molar refractivity (Wildman–Crippen MR) is 106 cm³/mol. The molecule has 0 fully saturated rings. The van der Waals surface area contributed by atoms with Gasteiger partial charge in [0.2, 0.25) is 0 Å². The highest BCUT2D eigenvalue weighted by Gasteiger charge is 2.19. The third-order valence-corrected chi connectivity index (χ3v) is 4.62. The zero-order chi connectivity index (χ0) is 18.3. The van der Waals surface area contributed by atoms with Crippen molar-refractivity contribution >= 4 is 27.5 Å². The lowest BCUT2D eigenvalue weighted by Gasteiger charge is -2.20. The van der Waals surface area contributed by atoms with Crippen LogP contribution in [-0.4, -0.2) is 9.78 Å². The van der Waals surface area contributed by atoms with Crippen molar-refractivity contribution in [3.63, 3.8) is 0 Å². The zero-order valence-electron chi connectivity index (χ0n) is 15.1. The maximum absolute atomic E-state index is 10.6. The van der Waals surface area contributed by atoms with E-state index in [1.165, 1.54) is 0 Å². The number of aromatic hydroxyl groups is 1. The van der Waals surface area contributed by atoms with Crippen LogP contribution in [0.15, 0.2) is 77.1 Å². The highest BCUT2D eigenvalue weighted by molar-refractivity contribution is 6.07. The van der Waals surface area contributed by atoms with Crippen LogP contribution in [0.5, 0.6) is 5.75 Å². The summed E-state index contributed by atoms with van der Waals surface area (Å²) in [4.78, 5) is 0. The highest BCUT2D eigenvalue weighted by atomic mass is 16.3. The lowest BCUT2D eigenvalue weighted by Crippen LogP contribution is -2.10. The first-order valence-electron chi connectivity index (χ1n) is 8.69. The summed E-state index contributed by atoms with van der Waals surface area (Å²) in [6, 6.07) is 21.9. The summed E-state index contributed by atoms with van der Waals surface area (Å²) in [7, 11) is 0. The van der Waals surface area contributed by atoms with E-state index < -0.39 is 0 Å². The van der Waals surface area contributed by atoms with E-state index in [0.29, 0.717) is 5.69 Å². The number of phenols is 1. The molecule has 0 amide bonds. The van der Waals surface area contributed by atoms with Gasteiger partial charge in [0.05, 0.1) is 11.0 Å². The molecule has 1 aromatic heterocycles. The highest BCUT2D eigenvalue weighted by Crippen LogP contribution is 2.38. The first-order valence-corrected chi connectivity index (χ1v) is 8.69. The minimum absolute atomic E-state index is 0.164. The summed E-state index contributed by atoms with van der Waals surface area (Å²) < 4.78 is 1.83.